The lowest BCUT2D eigenvalue weighted by molar-refractivity contribution is 0.261. The first-order valence-corrected chi connectivity index (χ1v) is 11.2. The van der Waals surface area contributed by atoms with Crippen molar-refractivity contribution >= 4 is 35.0 Å². The van der Waals surface area contributed by atoms with Crippen LogP contribution in [0.5, 0.6) is 0 Å². The average Bonchev–Trinajstić information content (AvgIpc) is 3.34. The Morgan fingerprint density at radius 3 is 2.90 bits per heavy atom. The number of piperidine rings is 1. The minimum Gasteiger partial charge on any atom is -0.390 e. The number of hydrogen-bond acceptors (Lipinski definition) is 10. The van der Waals surface area contributed by atoms with E-state index in [2.05, 4.69) is 25.0 Å². The average molecular weight is 460 g/mol. The second kappa shape index (κ2) is 7.94. The highest BCUT2D eigenvalue weighted by Crippen LogP contribution is 2.45. The van der Waals surface area contributed by atoms with Crippen molar-refractivity contribution in [3.63, 3.8) is 0 Å². The Bertz CT molecular complexity index is 1120. The van der Waals surface area contributed by atoms with Crippen molar-refractivity contribution < 1.29 is 9.63 Å². The Balaban J connectivity index is 1.35. The minimum absolute atomic E-state index is 0.0447. The van der Waals surface area contributed by atoms with Crippen LogP contribution in [0.3, 0.4) is 0 Å². The number of anilines is 2. The molecule has 5 rings (SSSR count). The second-order valence-corrected chi connectivity index (χ2v) is 9.33. The summed E-state index contributed by atoms with van der Waals surface area (Å²) in [6.07, 6.45) is 7.49. The third kappa shape index (κ3) is 3.43. The van der Waals surface area contributed by atoms with E-state index in [0.29, 0.717) is 21.6 Å². The Kier molecular flexibility index (Phi) is 5.25. The van der Waals surface area contributed by atoms with E-state index in [1.54, 1.807) is 24.7 Å². The molecule has 162 valence electrons. The largest absolute Gasteiger partial charge is 0.390 e. The molecule has 1 atom stereocenters. The van der Waals surface area contributed by atoms with E-state index in [9.17, 15) is 5.11 Å². The van der Waals surface area contributed by atoms with Crippen LogP contribution in [0.4, 0.5) is 11.6 Å². The number of nitrogens with two attached hydrogens (primary N) is 2. The lowest BCUT2D eigenvalue weighted by Crippen LogP contribution is -2.51. The van der Waals surface area contributed by atoms with Crippen LogP contribution >= 0.6 is 23.4 Å². The Labute approximate surface area is 188 Å². The normalized spacial score (nSPS) is 19.7. The summed E-state index contributed by atoms with van der Waals surface area (Å²) in [6, 6.07) is 1.81. The van der Waals surface area contributed by atoms with Gasteiger partial charge in [0.15, 0.2) is 5.82 Å². The van der Waals surface area contributed by atoms with Crippen molar-refractivity contribution in [1.29, 1.82) is 0 Å². The quantitative estimate of drug-likeness (QED) is 0.531. The fourth-order valence-corrected chi connectivity index (χ4v) is 5.64. The Hall–Kier alpha value is -2.40. The number of nitrogens with zero attached hydrogens (tertiary/aromatic N) is 5. The fourth-order valence-electron chi connectivity index (χ4n) is 4.60. The first-order chi connectivity index (χ1) is 15.0. The van der Waals surface area contributed by atoms with E-state index in [1.165, 1.54) is 11.8 Å². The number of aromatic nitrogens is 4. The molecule has 0 radical (unpaired) electrons. The van der Waals surface area contributed by atoms with Gasteiger partial charge in [-0.3, -0.25) is 0 Å². The molecule has 0 saturated carbocycles. The van der Waals surface area contributed by atoms with Gasteiger partial charge >= 0.3 is 0 Å². The summed E-state index contributed by atoms with van der Waals surface area (Å²) in [5.74, 6) is 0.954. The molecule has 9 nitrogen and oxygen atoms in total. The number of pyridine rings is 1. The van der Waals surface area contributed by atoms with Crippen molar-refractivity contribution in [2.75, 3.05) is 23.7 Å². The SMILES string of the molecule is Nc1nccc(Sc2cnc(N3CCC4(CC3)c3nocc3C[C@H]4N)c(CO)n2)c1Cl. The van der Waals surface area contributed by atoms with Crippen molar-refractivity contribution in [1.82, 2.24) is 20.1 Å². The predicted molar refractivity (Wildman–Crippen MR) is 117 cm³/mol. The molecule has 11 heteroatoms. The molecule has 1 spiro atoms. The smallest absolute Gasteiger partial charge is 0.152 e. The van der Waals surface area contributed by atoms with Crippen LogP contribution < -0.4 is 16.4 Å². The molecule has 1 fully saturated rings. The van der Waals surface area contributed by atoms with Gasteiger partial charge in [0.2, 0.25) is 0 Å². The summed E-state index contributed by atoms with van der Waals surface area (Å²) in [5, 5.41) is 15.2. The fraction of sp³-hybridized carbons (Fsp3) is 0.400. The zero-order valence-corrected chi connectivity index (χ0v) is 18.2. The lowest BCUT2D eigenvalue weighted by Gasteiger charge is -2.42. The van der Waals surface area contributed by atoms with E-state index in [1.807, 2.05) is 0 Å². The van der Waals surface area contributed by atoms with E-state index in [0.717, 1.165) is 48.5 Å². The van der Waals surface area contributed by atoms with Gasteiger partial charge in [-0.25, -0.2) is 15.0 Å². The summed E-state index contributed by atoms with van der Waals surface area (Å²) >= 11 is 7.56. The highest BCUT2D eigenvalue weighted by atomic mass is 35.5. The molecule has 2 aliphatic rings. The van der Waals surface area contributed by atoms with Gasteiger partial charge in [0.25, 0.3) is 0 Å². The minimum atomic E-state index is -0.211. The van der Waals surface area contributed by atoms with E-state index in [4.69, 9.17) is 27.6 Å². The molecule has 4 heterocycles. The van der Waals surface area contributed by atoms with Gasteiger partial charge in [-0.15, -0.1) is 0 Å². The maximum absolute atomic E-state index is 9.95. The first-order valence-electron chi connectivity index (χ1n) is 10.0. The number of aliphatic hydroxyl groups excluding tert-OH is 1. The van der Waals surface area contributed by atoms with Crippen LogP contribution in [0, 0.1) is 0 Å². The molecular weight excluding hydrogens is 438 g/mol. The molecule has 1 saturated heterocycles. The van der Waals surface area contributed by atoms with Gasteiger partial charge in [0, 0.05) is 41.2 Å². The highest BCUT2D eigenvalue weighted by Gasteiger charge is 2.49. The molecular formula is C20H22ClN7O2S. The first kappa shape index (κ1) is 20.5. The van der Waals surface area contributed by atoms with Crippen molar-refractivity contribution in [2.24, 2.45) is 5.73 Å². The monoisotopic (exact) mass is 459 g/mol. The molecule has 3 aromatic rings. The third-order valence-electron chi connectivity index (χ3n) is 6.27. The van der Waals surface area contributed by atoms with Gasteiger partial charge < -0.3 is 26.0 Å². The molecule has 0 amide bonds. The van der Waals surface area contributed by atoms with Gasteiger partial charge in [0.05, 0.1) is 23.5 Å². The number of rotatable bonds is 4. The van der Waals surface area contributed by atoms with Gasteiger partial charge in [-0.05, 0) is 25.3 Å². The maximum Gasteiger partial charge on any atom is 0.152 e. The van der Waals surface area contributed by atoms with Crippen LogP contribution in [0.1, 0.15) is 29.8 Å². The molecule has 0 unspecified atom stereocenters. The summed E-state index contributed by atoms with van der Waals surface area (Å²) in [6.45, 7) is 1.29. The number of aliphatic hydroxyl groups is 1. The Morgan fingerprint density at radius 2 is 2.13 bits per heavy atom. The Morgan fingerprint density at radius 1 is 1.32 bits per heavy atom. The number of fused-ring (bicyclic) bond motifs is 2. The zero-order valence-electron chi connectivity index (χ0n) is 16.7. The molecule has 5 N–H and O–H groups in total. The molecule has 1 aliphatic heterocycles. The molecule has 1 aliphatic carbocycles. The van der Waals surface area contributed by atoms with Crippen molar-refractivity contribution in [3.05, 3.63) is 46.7 Å². The van der Waals surface area contributed by atoms with Gasteiger partial charge in [-0.2, -0.15) is 0 Å². The van der Waals surface area contributed by atoms with Crippen LogP contribution in [0.2, 0.25) is 5.02 Å². The zero-order chi connectivity index (χ0) is 21.6. The van der Waals surface area contributed by atoms with E-state index < -0.39 is 0 Å². The molecule has 31 heavy (non-hydrogen) atoms. The molecule has 0 bridgehead atoms. The van der Waals surface area contributed by atoms with Crippen LogP contribution in [0.15, 0.2) is 39.2 Å². The summed E-state index contributed by atoms with van der Waals surface area (Å²) in [5.41, 5.74) is 14.8. The molecule has 0 aromatic carbocycles. The summed E-state index contributed by atoms with van der Waals surface area (Å²) < 4.78 is 5.19. The second-order valence-electron chi connectivity index (χ2n) is 7.89. The van der Waals surface area contributed by atoms with Crippen LogP contribution in [-0.2, 0) is 18.4 Å². The highest BCUT2D eigenvalue weighted by molar-refractivity contribution is 7.99. The summed E-state index contributed by atoms with van der Waals surface area (Å²) in [7, 11) is 0. The van der Waals surface area contributed by atoms with Crippen LogP contribution in [0.25, 0.3) is 0 Å². The standard InChI is InChI=1S/C20H22ClN7O2S/c21-16-13(1-4-24-18(16)23)31-15-8-25-19(12(9-29)26-15)28-5-2-20(3-6-28)14(22)7-11-10-30-27-17(11)20/h1,4,8,10,14,29H,2-3,5-7,9,22H2,(H2,23,24)/t14-/m1/s1. The van der Waals surface area contributed by atoms with Crippen molar-refractivity contribution in [3.8, 4) is 0 Å². The third-order valence-corrected chi connectivity index (χ3v) is 7.74. The number of nitrogen functional groups attached to an aromatic ring is 1. The van der Waals surface area contributed by atoms with Gasteiger partial charge in [0.1, 0.15) is 22.8 Å². The van der Waals surface area contributed by atoms with Crippen molar-refractivity contribution in [2.45, 2.75) is 47.2 Å². The van der Waals surface area contributed by atoms with Gasteiger partial charge in [-0.1, -0.05) is 28.5 Å². The van der Waals surface area contributed by atoms with Crippen LogP contribution in [-0.4, -0.2) is 44.3 Å². The lowest BCUT2D eigenvalue weighted by atomic mass is 9.73. The van der Waals surface area contributed by atoms with E-state index >= 15 is 0 Å². The number of halogens is 1. The predicted octanol–water partition coefficient (Wildman–Crippen LogP) is 2.16. The van der Waals surface area contributed by atoms with E-state index in [-0.39, 0.29) is 23.9 Å². The molecule has 3 aromatic heterocycles. The topological polar surface area (TPSA) is 140 Å². The maximum atomic E-state index is 9.95. The number of hydrogen-bond donors (Lipinski definition) is 3. The summed E-state index contributed by atoms with van der Waals surface area (Å²) in [4.78, 5) is 16.1.